The second kappa shape index (κ2) is 5.88. The number of nitrogens with two attached hydrogens (primary N) is 1. The fourth-order valence-corrected chi connectivity index (χ4v) is 1.47. The molecule has 0 atom stereocenters. The van der Waals surface area contributed by atoms with Crippen LogP contribution in [-0.4, -0.2) is 17.6 Å². The average Bonchev–Trinajstić information content (AvgIpc) is 2.28. The van der Waals surface area contributed by atoms with Gasteiger partial charge in [0.1, 0.15) is 0 Å². The number of alkyl halides is 2. The van der Waals surface area contributed by atoms with Crippen LogP contribution in [0.1, 0.15) is 35.1 Å². The van der Waals surface area contributed by atoms with Gasteiger partial charge in [-0.3, -0.25) is 0 Å². The van der Waals surface area contributed by atoms with E-state index in [9.17, 15) is 13.6 Å². The fourth-order valence-electron chi connectivity index (χ4n) is 1.24. The number of ether oxygens (including phenoxy) is 1. The topological polar surface area (TPSA) is 65.2 Å². The van der Waals surface area contributed by atoms with Crippen molar-refractivity contribution in [2.75, 3.05) is 6.61 Å². The summed E-state index contributed by atoms with van der Waals surface area (Å²) in [7, 11) is 0. The molecule has 0 unspecified atom stereocenters. The summed E-state index contributed by atoms with van der Waals surface area (Å²) in [6.45, 7) is 1.55. The van der Waals surface area contributed by atoms with Gasteiger partial charge in [0.05, 0.1) is 17.3 Å². The number of rotatable bonds is 4. The number of nitrogens with zero attached hydrogens (tertiary/aromatic N) is 1. The number of pyridine rings is 1. The second-order valence-corrected chi connectivity index (χ2v) is 3.49. The molecule has 0 radical (unpaired) electrons. The van der Waals surface area contributed by atoms with Crippen LogP contribution in [0.3, 0.4) is 0 Å². The molecule has 7 heteroatoms. The molecule has 0 aliphatic carbocycles. The molecular formula is C10H11ClF2N2O2. The Bertz CT molecular complexity index is 427. The number of carbonyl (C=O) groups is 1. The van der Waals surface area contributed by atoms with Gasteiger partial charge in [0.15, 0.2) is 5.69 Å². The highest BCUT2D eigenvalue weighted by molar-refractivity contribution is 6.33. The van der Waals surface area contributed by atoms with Crippen molar-refractivity contribution in [3.63, 3.8) is 0 Å². The van der Waals surface area contributed by atoms with Gasteiger partial charge >= 0.3 is 5.97 Å². The first-order valence-corrected chi connectivity index (χ1v) is 5.23. The molecule has 0 aliphatic rings. The van der Waals surface area contributed by atoms with E-state index in [2.05, 4.69) is 4.98 Å². The van der Waals surface area contributed by atoms with E-state index in [4.69, 9.17) is 22.1 Å². The standard InChI is InChI=1S/C10H11ClF2N2O2/c1-2-17-10(16)8-6(11)3-5(9(12)13)7(4-14)15-8/h3,9H,2,4,14H2,1H3. The predicted molar refractivity (Wildman–Crippen MR) is 58.1 cm³/mol. The summed E-state index contributed by atoms with van der Waals surface area (Å²) in [6.07, 6.45) is -2.74. The Morgan fingerprint density at radius 2 is 2.29 bits per heavy atom. The van der Waals surface area contributed by atoms with E-state index >= 15 is 0 Å². The highest BCUT2D eigenvalue weighted by Gasteiger charge is 2.21. The Morgan fingerprint density at radius 1 is 1.65 bits per heavy atom. The summed E-state index contributed by atoms with van der Waals surface area (Å²) in [5, 5.41) is -0.170. The number of esters is 1. The molecule has 2 N–H and O–H groups in total. The van der Waals surface area contributed by atoms with Gasteiger partial charge in [-0.15, -0.1) is 0 Å². The van der Waals surface area contributed by atoms with Crippen LogP contribution in [0, 0.1) is 0 Å². The van der Waals surface area contributed by atoms with Gasteiger partial charge in [0, 0.05) is 12.1 Å². The van der Waals surface area contributed by atoms with Crippen molar-refractivity contribution in [3.8, 4) is 0 Å². The van der Waals surface area contributed by atoms with Crippen molar-refractivity contribution in [1.29, 1.82) is 0 Å². The van der Waals surface area contributed by atoms with Gasteiger partial charge in [0.2, 0.25) is 0 Å². The normalized spacial score (nSPS) is 10.7. The van der Waals surface area contributed by atoms with Crippen LogP contribution in [0.5, 0.6) is 0 Å². The number of hydrogen-bond acceptors (Lipinski definition) is 4. The Morgan fingerprint density at radius 3 is 2.76 bits per heavy atom. The number of hydrogen-bond donors (Lipinski definition) is 1. The summed E-state index contributed by atoms with van der Waals surface area (Å²) in [4.78, 5) is 15.1. The van der Waals surface area contributed by atoms with Crippen molar-refractivity contribution < 1.29 is 18.3 Å². The minimum atomic E-state index is -2.74. The van der Waals surface area contributed by atoms with Crippen LogP contribution < -0.4 is 5.73 Å². The van der Waals surface area contributed by atoms with Crippen molar-refractivity contribution in [3.05, 3.63) is 28.0 Å². The summed E-state index contributed by atoms with van der Waals surface area (Å²) < 4.78 is 29.9. The molecule has 1 aromatic rings. The lowest BCUT2D eigenvalue weighted by Crippen LogP contribution is -2.13. The third kappa shape index (κ3) is 3.10. The van der Waals surface area contributed by atoms with Crippen LogP contribution in [0.4, 0.5) is 8.78 Å². The van der Waals surface area contributed by atoms with Crippen LogP contribution in [-0.2, 0) is 11.3 Å². The zero-order valence-corrected chi connectivity index (χ0v) is 9.80. The molecule has 0 amide bonds. The zero-order valence-electron chi connectivity index (χ0n) is 9.04. The minimum absolute atomic E-state index is 0.0625. The summed E-state index contributed by atoms with van der Waals surface area (Å²) in [6, 6.07) is 0.994. The molecule has 0 aromatic carbocycles. The Balaban J connectivity index is 3.22. The second-order valence-electron chi connectivity index (χ2n) is 3.08. The molecule has 1 aromatic heterocycles. The summed E-state index contributed by atoms with van der Waals surface area (Å²) in [5.74, 6) is -0.756. The Hall–Kier alpha value is -1.27. The van der Waals surface area contributed by atoms with Gasteiger partial charge in [-0.25, -0.2) is 18.6 Å². The molecule has 0 spiro atoms. The van der Waals surface area contributed by atoms with Crippen molar-refractivity contribution in [1.82, 2.24) is 4.98 Å². The van der Waals surface area contributed by atoms with E-state index in [-0.39, 0.29) is 35.1 Å². The molecule has 4 nitrogen and oxygen atoms in total. The van der Waals surface area contributed by atoms with Crippen LogP contribution in [0.25, 0.3) is 0 Å². The van der Waals surface area contributed by atoms with Gasteiger partial charge in [-0.05, 0) is 13.0 Å². The third-order valence-electron chi connectivity index (χ3n) is 1.99. The molecule has 1 rings (SSSR count). The molecule has 0 bridgehead atoms. The fraction of sp³-hybridized carbons (Fsp3) is 0.400. The van der Waals surface area contributed by atoms with Crippen LogP contribution in [0.2, 0.25) is 5.02 Å². The quantitative estimate of drug-likeness (QED) is 0.848. The van der Waals surface area contributed by atoms with Gasteiger partial charge < -0.3 is 10.5 Å². The van der Waals surface area contributed by atoms with Crippen LogP contribution >= 0.6 is 11.6 Å². The molecule has 94 valence electrons. The van der Waals surface area contributed by atoms with Gasteiger partial charge in [0.25, 0.3) is 6.43 Å². The number of carbonyl (C=O) groups excluding carboxylic acids is 1. The maximum Gasteiger partial charge on any atom is 0.358 e. The Labute approximate surface area is 102 Å². The first kappa shape index (κ1) is 13.8. The molecule has 0 fully saturated rings. The molecule has 17 heavy (non-hydrogen) atoms. The predicted octanol–water partition coefficient (Wildman–Crippen LogP) is 2.31. The minimum Gasteiger partial charge on any atom is -0.461 e. The Kier molecular flexibility index (Phi) is 4.77. The maximum atomic E-state index is 12.6. The molecule has 1 heterocycles. The van der Waals surface area contributed by atoms with Crippen LogP contribution in [0.15, 0.2) is 6.07 Å². The smallest absolute Gasteiger partial charge is 0.358 e. The lowest BCUT2D eigenvalue weighted by atomic mass is 10.1. The number of aromatic nitrogens is 1. The monoisotopic (exact) mass is 264 g/mol. The number of halogens is 3. The van der Waals surface area contributed by atoms with Gasteiger partial charge in [-0.2, -0.15) is 0 Å². The van der Waals surface area contributed by atoms with Gasteiger partial charge in [-0.1, -0.05) is 11.6 Å². The molecule has 0 aliphatic heterocycles. The third-order valence-corrected chi connectivity index (χ3v) is 2.27. The van der Waals surface area contributed by atoms with E-state index in [1.54, 1.807) is 6.92 Å². The highest BCUT2D eigenvalue weighted by Crippen LogP contribution is 2.27. The SMILES string of the molecule is CCOC(=O)c1nc(CN)c(C(F)F)cc1Cl. The largest absolute Gasteiger partial charge is 0.461 e. The lowest BCUT2D eigenvalue weighted by molar-refractivity contribution is 0.0518. The highest BCUT2D eigenvalue weighted by atomic mass is 35.5. The van der Waals surface area contributed by atoms with E-state index < -0.39 is 12.4 Å². The van der Waals surface area contributed by atoms with E-state index in [0.717, 1.165) is 6.07 Å². The summed E-state index contributed by atoms with van der Waals surface area (Å²) in [5.41, 5.74) is 4.66. The lowest BCUT2D eigenvalue weighted by Gasteiger charge is -2.10. The first-order valence-electron chi connectivity index (χ1n) is 4.85. The molecule has 0 saturated carbocycles. The molecular weight excluding hydrogens is 254 g/mol. The van der Waals surface area contributed by atoms with E-state index in [1.165, 1.54) is 0 Å². The van der Waals surface area contributed by atoms with E-state index in [0.29, 0.717) is 0 Å². The van der Waals surface area contributed by atoms with E-state index in [1.807, 2.05) is 0 Å². The first-order chi connectivity index (χ1) is 8.01. The average molecular weight is 265 g/mol. The van der Waals surface area contributed by atoms with Crippen molar-refractivity contribution >= 4 is 17.6 Å². The molecule has 0 saturated heterocycles. The van der Waals surface area contributed by atoms with Crippen molar-refractivity contribution in [2.24, 2.45) is 5.73 Å². The maximum absolute atomic E-state index is 12.6. The van der Waals surface area contributed by atoms with Crippen molar-refractivity contribution in [2.45, 2.75) is 19.9 Å². The summed E-state index contributed by atoms with van der Waals surface area (Å²) >= 11 is 5.70. The zero-order chi connectivity index (χ0) is 13.0.